The van der Waals surface area contributed by atoms with Gasteiger partial charge >= 0.3 is 12.4 Å². The average molecular weight is 338 g/mol. The van der Waals surface area contributed by atoms with E-state index in [9.17, 15) is 18.0 Å². The van der Waals surface area contributed by atoms with E-state index in [0.29, 0.717) is 11.3 Å². The van der Waals surface area contributed by atoms with Crippen LogP contribution in [0.5, 0.6) is 5.75 Å². The molecule has 2 aromatic carbocycles. The van der Waals surface area contributed by atoms with Crippen molar-refractivity contribution in [2.45, 2.75) is 26.3 Å². The summed E-state index contributed by atoms with van der Waals surface area (Å²) < 4.78 is 40.2. The maximum absolute atomic E-state index is 12.1. The highest BCUT2D eigenvalue weighted by molar-refractivity contribution is 5.89. The van der Waals surface area contributed by atoms with Crippen LogP contribution in [0.15, 0.2) is 48.5 Å². The Kier molecular flexibility index (Phi) is 5.33. The lowest BCUT2D eigenvalue weighted by molar-refractivity contribution is -0.274. The van der Waals surface area contributed by atoms with E-state index in [-0.39, 0.29) is 11.8 Å². The Bertz CT molecular complexity index is 682. The van der Waals surface area contributed by atoms with Crippen molar-refractivity contribution in [3.63, 3.8) is 0 Å². The Balaban J connectivity index is 1.92. The van der Waals surface area contributed by atoms with Crippen LogP contribution < -0.4 is 15.4 Å². The number of carbonyl (C=O) groups is 1. The van der Waals surface area contributed by atoms with Crippen LogP contribution in [0.25, 0.3) is 0 Å². The third-order valence-corrected chi connectivity index (χ3v) is 3.27. The number of hydrogen-bond donors (Lipinski definition) is 2. The van der Waals surface area contributed by atoms with Crippen LogP contribution in [0.3, 0.4) is 0 Å². The van der Waals surface area contributed by atoms with Gasteiger partial charge < -0.3 is 15.4 Å². The van der Waals surface area contributed by atoms with Gasteiger partial charge in [0.25, 0.3) is 0 Å². The van der Waals surface area contributed by atoms with Gasteiger partial charge in [-0.15, -0.1) is 13.2 Å². The van der Waals surface area contributed by atoms with Gasteiger partial charge in [0, 0.05) is 5.69 Å². The first kappa shape index (κ1) is 17.7. The second kappa shape index (κ2) is 7.25. The second-order valence-electron chi connectivity index (χ2n) is 5.30. The maximum Gasteiger partial charge on any atom is 0.573 e. The van der Waals surface area contributed by atoms with E-state index in [1.807, 2.05) is 19.1 Å². The Morgan fingerprint density at radius 2 is 1.62 bits per heavy atom. The minimum absolute atomic E-state index is 0.303. The summed E-state index contributed by atoms with van der Waals surface area (Å²) in [6, 6.07) is 11.9. The summed E-state index contributed by atoms with van der Waals surface area (Å²) in [6.07, 6.45) is -4.72. The van der Waals surface area contributed by atoms with E-state index in [1.54, 1.807) is 19.1 Å². The number of nitrogens with one attached hydrogen (secondary N) is 2. The molecule has 2 N–H and O–H groups in total. The molecule has 24 heavy (non-hydrogen) atoms. The van der Waals surface area contributed by atoms with Gasteiger partial charge in [0.15, 0.2) is 0 Å². The number of amides is 2. The molecule has 0 heterocycles. The molecule has 0 spiro atoms. The van der Waals surface area contributed by atoms with Gasteiger partial charge in [-0.25, -0.2) is 4.79 Å². The Hall–Kier alpha value is -2.70. The van der Waals surface area contributed by atoms with Crippen molar-refractivity contribution in [1.82, 2.24) is 5.32 Å². The summed E-state index contributed by atoms with van der Waals surface area (Å²) in [5.41, 5.74) is 2.39. The Morgan fingerprint density at radius 1 is 1.04 bits per heavy atom. The molecule has 4 nitrogen and oxygen atoms in total. The molecule has 0 saturated heterocycles. The SMILES string of the molecule is Cc1ccc(NC(=O)N[C@H](C)c2ccc(OC(F)(F)F)cc2)cc1. The standard InChI is InChI=1S/C17H17F3N2O2/c1-11-3-7-14(8-4-11)22-16(23)21-12(2)13-5-9-15(10-6-13)24-17(18,19)20/h3-10,12H,1-2H3,(H2,21,22,23)/t12-/m1/s1. The first-order valence-corrected chi connectivity index (χ1v) is 7.23. The van der Waals surface area contributed by atoms with E-state index in [1.165, 1.54) is 24.3 Å². The van der Waals surface area contributed by atoms with Crippen LogP contribution in [0.4, 0.5) is 23.7 Å². The average Bonchev–Trinajstić information content (AvgIpc) is 2.48. The van der Waals surface area contributed by atoms with E-state index in [0.717, 1.165) is 5.56 Å². The molecule has 0 aliphatic rings. The topological polar surface area (TPSA) is 50.4 Å². The number of carbonyl (C=O) groups excluding carboxylic acids is 1. The molecular weight excluding hydrogens is 321 g/mol. The molecule has 0 bridgehead atoms. The summed E-state index contributed by atoms with van der Waals surface area (Å²) in [6.45, 7) is 3.67. The number of ether oxygens (including phenoxy) is 1. The highest BCUT2D eigenvalue weighted by atomic mass is 19.4. The van der Waals surface area contributed by atoms with Gasteiger partial charge in [0.05, 0.1) is 6.04 Å². The first-order chi connectivity index (χ1) is 11.2. The fraction of sp³-hybridized carbons (Fsp3) is 0.235. The zero-order valence-corrected chi connectivity index (χ0v) is 13.1. The molecule has 0 saturated carbocycles. The van der Waals surface area contributed by atoms with Crippen molar-refractivity contribution < 1.29 is 22.7 Å². The summed E-state index contributed by atoms with van der Waals surface area (Å²) in [5.74, 6) is -0.303. The third-order valence-electron chi connectivity index (χ3n) is 3.27. The number of rotatable bonds is 4. The lowest BCUT2D eigenvalue weighted by Gasteiger charge is -2.16. The Morgan fingerprint density at radius 3 is 2.17 bits per heavy atom. The van der Waals surface area contributed by atoms with Crippen molar-refractivity contribution in [2.24, 2.45) is 0 Å². The number of benzene rings is 2. The minimum Gasteiger partial charge on any atom is -0.406 e. The summed E-state index contributed by atoms with van der Waals surface area (Å²) >= 11 is 0. The second-order valence-corrected chi connectivity index (χ2v) is 5.30. The number of alkyl halides is 3. The van der Waals surface area contributed by atoms with Gasteiger partial charge in [-0.2, -0.15) is 0 Å². The number of halogens is 3. The summed E-state index contributed by atoms with van der Waals surface area (Å²) in [5, 5.41) is 5.40. The van der Waals surface area contributed by atoms with Gasteiger partial charge in [-0.3, -0.25) is 0 Å². The molecule has 0 aromatic heterocycles. The maximum atomic E-state index is 12.1. The lowest BCUT2D eigenvalue weighted by atomic mass is 10.1. The molecule has 2 aromatic rings. The molecule has 2 rings (SSSR count). The number of aryl methyl sites for hydroxylation is 1. The Labute approximate surface area is 137 Å². The molecule has 2 amide bonds. The fourth-order valence-electron chi connectivity index (χ4n) is 2.04. The highest BCUT2D eigenvalue weighted by Gasteiger charge is 2.31. The number of hydrogen-bond acceptors (Lipinski definition) is 2. The highest BCUT2D eigenvalue weighted by Crippen LogP contribution is 2.24. The predicted molar refractivity (Wildman–Crippen MR) is 84.9 cm³/mol. The van der Waals surface area contributed by atoms with Crippen molar-refractivity contribution >= 4 is 11.7 Å². The van der Waals surface area contributed by atoms with E-state index in [2.05, 4.69) is 15.4 Å². The molecule has 1 atom stereocenters. The quantitative estimate of drug-likeness (QED) is 0.843. The van der Waals surface area contributed by atoms with Crippen molar-refractivity contribution in [1.29, 1.82) is 0 Å². The molecule has 0 radical (unpaired) electrons. The lowest BCUT2D eigenvalue weighted by Crippen LogP contribution is -2.31. The summed E-state index contributed by atoms with van der Waals surface area (Å²) in [4.78, 5) is 11.9. The van der Waals surface area contributed by atoms with Gasteiger partial charge in [-0.05, 0) is 43.7 Å². The minimum atomic E-state index is -4.72. The van der Waals surface area contributed by atoms with E-state index in [4.69, 9.17) is 0 Å². The van der Waals surface area contributed by atoms with Gasteiger partial charge in [0.1, 0.15) is 5.75 Å². The molecular formula is C17H17F3N2O2. The first-order valence-electron chi connectivity index (χ1n) is 7.23. The molecule has 0 fully saturated rings. The third kappa shape index (κ3) is 5.49. The molecule has 7 heteroatoms. The monoisotopic (exact) mass is 338 g/mol. The summed E-state index contributed by atoms with van der Waals surface area (Å²) in [7, 11) is 0. The largest absolute Gasteiger partial charge is 0.573 e. The number of urea groups is 1. The van der Waals surface area contributed by atoms with Crippen molar-refractivity contribution in [2.75, 3.05) is 5.32 Å². The van der Waals surface area contributed by atoms with Crippen LogP contribution >= 0.6 is 0 Å². The van der Waals surface area contributed by atoms with Crippen LogP contribution in [0.1, 0.15) is 24.1 Å². The molecule has 0 aliphatic heterocycles. The molecule has 0 unspecified atom stereocenters. The van der Waals surface area contributed by atoms with Crippen LogP contribution in [0.2, 0.25) is 0 Å². The van der Waals surface area contributed by atoms with Gasteiger partial charge in [0.2, 0.25) is 0 Å². The predicted octanol–water partition coefficient (Wildman–Crippen LogP) is 4.78. The zero-order valence-electron chi connectivity index (χ0n) is 13.1. The van der Waals surface area contributed by atoms with Gasteiger partial charge in [-0.1, -0.05) is 29.8 Å². The van der Waals surface area contributed by atoms with E-state index < -0.39 is 12.4 Å². The van der Waals surface area contributed by atoms with Crippen LogP contribution in [0, 0.1) is 6.92 Å². The normalized spacial score (nSPS) is 12.4. The number of anilines is 1. The molecule has 0 aliphatic carbocycles. The zero-order chi connectivity index (χ0) is 17.7. The van der Waals surface area contributed by atoms with Crippen molar-refractivity contribution in [3.05, 3.63) is 59.7 Å². The van der Waals surface area contributed by atoms with Crippen LogP contribution in [-0.4, -0.2) is 12.4 Å². The van der Waals surface area contributed by atoms with E-state index >= 15 is 0 Å². The van der Waals surface area contributed by atoms with Crippen molar-refractivity contribution in [3.8, 4) is 5.75 Å². The molecule has 128 valence electrons. The fourth-order valence-corrected chi connectivity index (χ4v) is 2.04. The smallest absolute Gasteiger partial charge is 0.406 e. The van der Waals surface area contributed by atoms with Crippen LogP contribution in [-0.2, 0) is 0 Å².